The van der Waals surface area contributed by atoms with Gasteiger partial charge < -0.3 is 10.1 Å². The van der Waals surface area contributed by atoms with Gasteiger partial charge in [0.15, 0.2) is 5.16 Å². The van der Waals surface area contributed by atoms with Crippen molar-refractivity contribution >= 4 is 23.4 Å². The number of thioether (sulfide) groups is 1. The van der Waals surface area contributed by atoms with Gasteiger partial charge >= 0.3 is 0 Å². The first-order valence-electron chi connectivity index (χ1n) is 13.4. The number of fused-ring (bicyclic) bond motifs is 4. The minimum absolute atomic E-state index is 0.0385. The van der Waals surface area contributed by atoms with Crippen molar-refractivity contribution in [1.82, 2.24) is 9.55 Å². The first-order chi connectivity index (χ1) is 19.0. The molecule has 6 rings (SSSR count). The van der Waals surface area contributed by atoms with E-state index in [0.717, 1.165) is 60.2 Å². The van der Waals surface area contributed by atoms with Crippen LogP contribution in [0.3, 0.4) is 0 Å². The number of hydrogen-bond acceptors (Lipinski definition) is 5. The molecule has 1 spiro atoms. The Morgan fingerprint density at radius 1 is 1.03 bits per heavy atom. The maximum atomic E-state index is 14.5. The number of rotatable bonds is 6. The van der Waals surface area contributed by atoms with Crippen LogP contribution in [0, 0.1) is 6.92 Å². The van der Waals surface area contributed by atoms with Crippen molar-refractivity contribution in [3.63, 3.8) is 0 Å². The molecular weight excluding hydrogens is 506 g/mol. The normalized spacial score (nSPS) is 15.0. The van der Waals surface area contributed by atoms with E-state index in [2.05, 4.69) is 23.5 Å². The Balaban J connectivity index is 1.47. The average Bonchev–Trinajstić information content (AvgIpc) is 3.41. The summed E-state index contributed by atoms with van der Waals surface area (Å²) in [4.78, 5) is 32.7. The molecule has 6 nitrogen and oxygen atoms in total. The summed E-state index contributed by atoms with van der Waals surface area (Å²) in [6.45, 7) is 1.96. The van der Waals surface area contributed by atoms with Crippen LogP contribution in [0.25, 0.3) is 16.9 Å². The Labute approximate surface area is 232 Å². The second-order valence-electron chi connectivity index (χ2n) is 10.4. The second-order valence-corrected chi connectivity index (χ2v) is 11.4. The van der Waals surface area contributed by atoms with Crippen molar-refractivity contribution in [2.24, 2.45) is 0 Å². The van der Waals surface area contributed by atoms with Gasteiger partial charge in [-0.1, -0.05) is 67.1 Å². The Morgan fingerprint density at radius 3 is 2.49 bits per heavy atom. The zero-order valence-corrected chi connectivity index (χ0v) is 23.0. The molecule has 2 aliphatic carbocycles. The van der Waals surface area contributed by atoms with E-state index in [0.29, 0.717) is 16.6 Å². The summed E-state index contributed by atoms with van der Waals surface area (Å²) in [5.41, 5.74) is 6.12. The van der Waals surface area contributed by atoms with Gasteiger partial charge in [0.25, 0.3) is 5.56 Å². The quantitative estimate of drug-likeness (QED) is 0.230. The van der Waals surface area contributed by atoms with Gasteiger partial charge in [-0.05, 0) is 67.6 Å². The molecule has 198 valence electrons. The standard InChI is InChI=1S/C32H31N3O3S/c1-21-9-3-6-12-26(21)33-27(36)20-39-31-34-29-25-11-5-4-10-22(25)19-32(17-7-8-18-32)28(29)30(37)35(31)23-13-15-24(38-2)16-14-23/h3-6,9-16H,7-8,17-20H2,1-2H3,(H,33,36). The number of anilines is 1. The van der Waals surface area contributed by atoms with Crippen molar-refractivity contribution in [3.8, 4) is 22.7 Å². The van der Waals surface area contributed by atoms with Gasteiger partial charge in [-0.2, -0.15) is 0 Å². The van der Waals surface area contributed by atoms with Crippen molar-refractivity contribution in [1.29, 1.82) is 0 Å². The van der Waals surface area contributed by atoms with Gasteiger partial charge in [0.05, 0.1) is 29.8 Å². The third kappa shape index (κ3) is 4.65. The zero-order valence-electron chi connectivity index (χ0n) is 22.2. The first kappa shape index (κ1) is 25.4. The molecule has 2 aliphatic rings. The summed E-state index contributed by atoms with van der Waals surface area (Å²) in [5.74, 6) is 0.698. The van der Waals surface area contributed by atoms with E-state index < -0.39 is 0 Å². The molecule has 3 aromatic carbocycles. The fraction of sp³-hybridized carbons (Fsp3) is 0.281. The molecule has 1 heterocycles. The highest BCUT2D eigenvalue weighted by molar-refractivity contribution is 7.99. The number of hydrogen-bond donors (Lipinski definition) is 1. The molecule has 0 unspecified atom stereocenters. The van der Waals surface area contributed by atoms with Crippen LogP contribution >= 0.6 is 11.8 Å². The number of nitrogens with one attached hydrogen (secondary N) is 1. The molecule has 0 atom stereocenters. The number of amides is 1. The lowest BCUT2D eigenvalue weighted by molar-refractivity contribution is -0.113. The van der Waals surface area contributed by atoms with E-state index in [1.807, 2.05) is 61.5 Å². The maximum absolute atomic E-state index is 14.5. The van der Waals surface area contributed by atoms with Gasteiger partial charge in [0.2, 0.25) is 5.91 Å². The first-order valence-corrected chi connectivity index (χ1v) is 14.4. The van der Waals surface area contributed by atoms with Crippen LogP contribution in [0.5, 0.6) is 5.75 Å². The molecule has 1 saturated carbocycles. The maximum Gasteiger partial charge on any atom is 0.263 e. The zero-order chi connectivity index (χ0) is 27.0. The van der Waals surface area contributed by atoms with Crippen LogP contribution in [0.2, 0.25) is 0 Å². The second kappa shape index (κ2) is 10.4. The number of para-hydroxylation sites is 1. The van der Waals surface area contributed by atoms with Crippen LogP contribution in [0.15, 0.2) is 82.7 Å². The number of carbonyl (C=O) groups excluding carboxylic acids is 1. The Kier molecular flexibility index (Phi) is 6.77. The average molecular weight is 538 g/mol. The fourth-order valence-electron chi connectivity index (χ4n) is 6.10. The highest BCUT2D eigenvalue weighted by atomic mass is 32.2. The van der Waals surface area contributed by atoms with E-state index >= 15 is 0 Å². The van der Waals surface area contributed by atoms with Crippen LogP contribution in [0.1, 0.15) is 42.4 Å². The predicted molar refractivity (Wildman–Crippen MR) is 156 cm³/mol. The Bertz CT molecular complexity index is 1600. The van der Waals surface area contributed by atoms with Crippen LogP contribution in [0.4, 0.5) is 5.69 Å². The van der Waals surface area contributed by atoms with Crippen LogP contribution in [-0.4, -0.2) is 28.3 Å². The molecule has 7 heteroatoms. The lowest BCUT2D eigenvalue weighted by atomic mass is 9.68. The SMILES string of the molecule is COc1ccc(-n2c(SCC(=O)Nc3ccccc3C)nc3c(c2=O)C2(CCCC2)Cc2ccccc2-3)cc1. The van der Waals surface area contributed by atoms with Crippen LogP contribution < -0.4 is 15.6 Å². The van der Waals surface area contributed by atoms with Gasteiger partial charge in [0, 0.05) is 16.7 Å². The molecule has 0 aliphatic heterocycles. The molecule has 0 radical (unpaired) electrons. The molecule has 1 N–H and O–H groups in total. The number of benzene rings is 3. The molecule has 0 saturated heterocycles. The minimum Gasteiger partial charge on any atom is -0.497 e. The number of carbonyl (C=O) groups is 1. The molecule has 1 fully saturated rings. The van der Waals surface area contributed by atoms with Gasteiger partial charge in [0.1, 0.15) is 5.75 Å². The van der Waals surface area contributed by atoms with Crippen molar-refractivity contribution in [2.45, 2.75) is 49.6 Å². The molecule has 39 heavy (non-hydrogen) atoms. The lowest BCUT2D eigenvalue weighted by Crippen LogP contribution is -2.40. The fourth-order valence-corrected chi connectivity index (χ4v) is 6.90. The molecule has 1 aromatic heterocycles. The molecule has 4 aromatic rings. The summed E-state index contributed by atoms with van der Waals surface area (Å²) in [6.07, 6.45) is 5.05. The Hall–Kier alpha value is -3.84. The number of methoxy groups -OCH3 is 1. The van der Waals surface area contributed by atoms with Crippen molar-refractivity contribution in [3.05, 3.63) is 99.8 Å². The van der Waals surface area contributed by atoms with Crippen molar-refractivity contribution in [2.75, 3.05) is 18.2 Å². The lowest BCUT2D eigenvalue weighted by Gasteiger charge is -2.36. The summed E-state index contributed by atoms with van der Waals surface area (Å²) in [6, 6.07) is 23.5. The minimum atomic E-state index is -0.201. The van der Waals surface area contributed by atoms with Gasteiger partial charge in [-0.3, -0.25) is 14.2 Å². The third-order valence-electron chi connectivity index (χ3n) is 8.03. The largest absolute Gasteiger partial charge is 0.497 e. The highest BCUT2D eigenvalue weighted by Gasteiger charge is 2.44. The summed E-state index contributed by atoms with van der Waals surface area (Å²) in [5, 5.41) is 3.50. The van der Waals surface area contributed by atoms with E-state index in [1.165, 1.54) is 17.3 Å². The Morgan fingerprint density at radius 2 is 1.74 bits per heavy atom. The van der Waals surface area contributed by atoms with Gasteiger partial charge in [-0.25, -0.2) is 4.98 Å². The molecular formula is C32H31N3O3S. The van der Waals surface area contributed by atoms with E-state index in [1.54, 1.807) is 11.7 Å². The topological polar surface area (TPSA) is 73.2 Å². The third-order valence-corrected chi connectivity index (χ3v) is 8.97. The van der Waals surface area contributed by atoms with Crippen LogP contribution in [-0.2, 0) is 16.6 Å². The number of nitrogens with zero attached hydrogens (tertiary/aromatic N) is 2. The number of aromatic nitrogens is 2. The molecule has 0 bridgehead atoms. The summed E-state index contributed by atoms with van der Waals surface area (Å²) >= 11 is 1.29. The van der Waals surface area contributed by atoms with E-state index in [9.17, 15) is 9.59 Å². The number of ether oxygens (including phenoxy) is 1. The van der Waals surface area contributed by atoms with E-state index in [-0.39, 0.29) is 22.6 Å². The summed E-state index contributed by atoms with van der Waals surface area (Å²) < 4.78 is 7.05. The predicted octanol–water partition coefficient (Wildman–Crippen LogP) is 6.32. The smallest absolute Gasteiger partial charge is 0.263 e. The molecule has 1 amide bonds. The summed E-state index contributed by atoms with van der Waals surface area (Å²) in [7, 11) is 1.62. The van der Waals surface area contributed by atoms with Gasteiger partial charge in [-0.15, -0.1) is 0 Å². The van der Waals surface area contributed by atoms with E-state index in [4.69, 9.17) is 9.72 Å². The monoisotopic (exact) mass is 537 g/mol. The van der Waals surface area contributed by atoms with Crippen molar-refractivity contribution < 1.29 is 9.53 Å². The number of aryl methyl sites for hydroxylation is 1. The highest BCUT2D eigenvalue weighted by Crippen LogP contribution is 2.50.